The second-order valence-electron chi connectivity index (χ2n) is 5.41. The van der Waals surface area contributed by atoms with E-state index in [1.807, 2.05) is 20.8 Å². The molecule has 0 aliphatic heterocycles. The third kappa shape index (κ3) is 4.47. The number of carbonyl (C=O) groups is 1. The zero-order valence-corrected chi connectivity index (χ0v) is 14.3. The Labute approximate surface area is 141 Å². The molecular weight excluding hydrogens is 339 g/mol. The van der Waals surface area contributed by atoms with Gasteiger partial charge in [-0.2, -0.15) is 18.2 Å². The highest BCUT2D eigenvalue weighted by molar-refractivity contribution is 7.09. The highest BCUT2D eigenvalue weighted by Gasteiger charge is 2.30. The Bertz CT molecular complexity index is 775. The second-order valence-corrected chi connectivity index (χ2v) is 6.62. The van der Waals surface area contributed by atoms with E-state index in [1.165, 1.54) is 23.5 Å². The highest BCUT2D eigenvalue weighted by atomic mass is 32.1. The van der Waals surface area contributed by atoms with Gasteiger partial charge in [-0.05, 0) is 44.5 Å². The Balaban J connectivity index is 2.37. The van der Waals surface area contributed by atoms with Crippen molar-refractivity contribution in [1.82, 2.24) is 9.88 Å². The fraction of sp³-hybridized carbons (Fsp3) is 0.375. The van der Waals surface area contributed by atoms with Crippen molar-refractivity contribution >= 4 is 17.4 Å². The van der Waals surface area contributed by atoms with E-state index in [9.17, 15) is 18.0 Å². The molecule has 130 valence electrons. The molecule has 1 atom stereocenters. The number of nitrogens with one attached hydrogen (secondary N) is 1. The van der Waals surface area contributed by atoms with Crippen LogP contribution in [0.1, 0.15) is 30.7 Å². The van der Waals surface area contributed by atoms with Crippen molar-refractivity contribution in [1.29, 1.82) is 0 Å². The normalized spacial score (nSPS) is 13.8. The van der Waals surface area contributed by atoms with Crippen LogP contribution in [0, 0.1) is 6.92 Å². The van der Waals surface area contributed by atoms with E-state index in [-0.39, 0.29) is 6.04 Å². The lowest BCUT2D eigenvalue weighted by molar-refractivity contribution is -0.137. The molecule has 8 heteroatoms. The number of benzene rings is 1. The zero-order valence-electron chi connectivity index (χ0n) is 13.5. The lowest BCUT2D eigenvalue weighted by atomic mass is 10.2. The van der Waals surface area contributed by atoms with Gasteiger partial charge in [0.15, 0.2) is 4.80 Å². The van der Waals surface area contributed by atoms with Crippen LogP contribution >= 0.6 is 11.3 Å². The summed E-state index contributed by atoms with van der Waals surface area (Å²) in [6.07, 6.45) is -1.86. The number of nitrogens with zero attached hydrogens (tertiary/aromatic N) is 2. The van der Waals surface area contributed by atoms with Crippen molar-refractivity contribution in [2.45, 2.75) is 39.4 Å². The number of hydrogen-bond acceptors (Lipinski definition) is 2. The van der Waals surface area contributed by atoms with Crippen LogP contribution in [-0.2, 0) is 6.18 Å². The van der Waals surface area contributed by atoms with Gasteiger partial charge >= 0.3 is 12.2 Å². The molecule has 0 fully saturated rings. The number of alkyl halides is 3. The molecule has 0 saturated heterocycles. The summed E-state index contributed by atoms with van der Waals surface area (Å²) < 4.78 is 39.6. The average molecular weight is 357 g/mol. The van der Waals surface area contributed by atoms with Gasteiger partial charge in [0.05, 0.1) is 5.56 Å². The molecule has 0 bridgehead atoms. The lowest BCUT2D eigenvalue weighted by Crippen LogP contribution is -2.31. The van der Waals surface area contributed by atoms with Crippen LogP contribution in [0.25, 0.3) is 5.69 Å². The van der Waals surface area contributed by atoms with Crippen molar-refractivity contribution in [2.24, 2.45) is 4.99 Å². The van der Waals surface area contributed by atoms with E-state index >= 15 is 0 Å². The monoisotopic (exact) mass is 357 g/mol. The maximum absolute atomic E-state index is 12.7. The standard InChI is InChI=1S/C16H18F3N3OS/c1-4-10(2)20-14(23)21-15-22(9-11(3)24-15)13-7-5-12(6-8-13)16(17,18)19/h5-10H,4H2,1-3H3,(H,20,23). The maximum atomic E-state index is 12.7. The van der Waals surface area contributed by atoms with Crippen LogP contribution in [-0.4, -0.2) is 16.6 Å². The van der Waals surface area contributed by atoms with Crippen molar-refractivity contribution < 1.29 is 18.0 Å². The summed E-state index contributed by atoms with van der Waals surface area (Å²) in [4.78, 5) is 17.3. The van der Waals surface area contributed by atoms with Crippen molar-refractivity contribution in [2.75, 3.05) is 0 Å². The van der Waals surface area contributed by atoms with E-state index in [0.29, 0.717) is 10.5 Å². The molecule has 2 aromatic rings. The molecule has 1 N–H and O–H groups in total. The molecule has 1 unspecified atom stereocenters. The molecule has 1 aromatic carbocycles. The molecule has 0 saturated carbocycles. The fourth-order valence-electron chi connectivity index (χ4n) is 1.96. The van der Waals surface area contributed by atoms with Gasteiger partial charge in [0.2, 0.25) is 0 Å². The molecule has 0 spiro atoms. The van der Waals surface area contributed by atoms with Gasteiger partial charge in [0.25, 0.3) is 0 Å². The summed E-state index contributed by atoms with van der Waals surface area (Å²) in [6, 6.07) is 4.28. The van der Waals surface area contributed by atoms with Gasteiger partial charge in [0, 0.05) is 22.8 Å². The Kier molecular flexibility index (Phi) is 5.48. The van der Waals surface area contributed by atoms with Crippen molar-refractivity contribution in [3.8, 4) is 5.69 Å². The maximum Gasteiger partial charge on any atom is 0.416 e. The molecular formula is C16H18F3N3OS. The largest absolute Gasteiger partial charge is 0.416 e. The fourth-order valence-corrected chi connectivity index (χ4v) is 2.79. The van der Waals surface area contributed by atoms with Gasteiger partial charge in [-0.25, -0.2) is 4.79 Å². The lowest BCUT2D eigenvalue weighted by Gasteiger charge is -2.09. The Morgan fingerprint density at radius 2 is 1.96 bits per heavy atom. The predicted octanol–water partition coefficient (Wildman–Crippen LogP) is 4.27. The topological polar surface area (TPSA) is 46.4 Å². The molecule has 0 radical (unpaired) electrons. The number of halogens is 3. The van der Waals surface area contributed by atoms with E-state index in [0.717, 1.165) is 23.4 Å². The minimum atomic E-state index is -4.38. The van der Waals surface area contributed by atoms with Crippen molar-refractivity contribution in [3.63, 3.8) is 0 Å². The van der Waals surface area contributed by atoms with E-state index in [1.54, 1.807) is 10.8 Å². The van der Waals surface area contributed by atoms with E-state index in [4.69, 9.17) is 0 Å². The Morgan fingerprint density at radius 1 is 1.33 bits per heavy atom. The molecule has 0 aliphatic rings. The van der Waals surface area contributed by atoms with Gasteiger partial charge in [-0.1, -0.05) is 6.92 Å². The third-order valence-corrected chi connectivity index (χ3v) is 4.32. The SMILES string of the molecule is CCC(C)NC(=O)N=c1sc(C)cn1-c1ccc(C(F)(F)F)cc1. The number of aromatic nitrogens is 1. The van der Waals surface area contributed by atoms with Crippen LogP contribution in [0.5, 0.6) is 0 Å². The summed E-state index contributed by atoms with van der Waals surface area (Å²) in [5.41, 5.74) is -0.200. The molecule has 0 aliphatic carbocycles. The highest BCUT2D eigenvalue weighted by Crippen LogP contribution is 2.29. The molecule has 4 nitrogen and oxygen atoms in total. The molecule has 24 heavy (non-hydrogen) atoms. The van der Waals surface area contributed by atoms with E-state index in [2.05, 4.69) is 10.3 Å². The minimum absolute atomic E-state index is 0.00169. The summed E-state index contributed by atoms with van der Waals surface area (Å²) in [5.74, 6) is 0. The van der Waals surface area contributed by atoms with Crippen LogP contribution < -0.4 is 10.1 Å². The summed E-state index contributed by atoms with van der Waals surface area (Å²) in [7, 11) is 0. The summed E-state index contributed by atoms with van der Waals surface area (Å²) in [6.45, 7) is 5.66. The number of thiazole rings is 1. The third-order valence-electron chi connectivity index (χ3n) is 3.42. The Hall–Kier alpha value is -2.09. The molecule has 1 aromatic heterocycles. The quantitative estimate of drug-likeness (QED) is 0.876. The number of carbonyl (C=O) groups excluding carboxylic acids is 1. The molecule has 2 amide bonds. The van der Waals surface area contributed by atoms with Gasteiger partial charge < -0.3 is 5.32 Å². The molecule has 1 heterocycles. The number of aryl methyl sites for hydroxylation is 1. The second kappa shape index (κ2) is 7.21. The molecule has 2 rings (SSSR count). The zero-order chi connectivity index (χ0) is 17.9. The number of hydrogen-bond donors (Lipinski definition) is 1. The van der Waals surface area contributed by atoms with Crippen LogP contribution in [0.2, 0.25) is 0 Å². The number of urea groups is 1. The van der Waals surface area contributed by atoms with Gasteiger partial charge in [0.1, 0.15) is 0 Å². The van der Waals surface area contributed by atoms with E-state index < -0.39 is 17.8 Å². The van der Waals surface area contributed by atoms with Gasteiger partial charge in [-0.15, -0.1) is 11.3 Å². The van der Waals surface area contributed by atoms with Gasteiger partial charge in [-0.3, -0.25) is 4.57 Å². The summed E-state index contributed by atoms with van der Waals surface area (Å²) in [5, 5.41) is 2.73. The first-order chi connectivity index (χ1) is 11.2. The number of rotatable bonds is 3. The van der Waals surface area contributed by atoms with Crippen molar-refractivity contribution in [3.05, 3.63) is 45.7 Å². The van der Waals surface area contributed by atoms with Crippen LogP contribution in [0.3, 0.4) is 0 Å². The first-order valence-corrected chi connectivity index (χ1v) is 8.24. The first kappa shape index (κ1) is 18.3. The first-order valence-electron chi connectivity index (χ1n) is 7.42. The predicted molar refractivity (Wildman–Crippen MR) is 87.2 cm³/mol. The average Bonchev–Trinajstić information content (AvgIpc) is 2.86. The smallest absolute Gasteiger partial charge is 0.334 e. The Morgan fingerprint density at radius 3 is 2.50 bits per heavy atom. The minimum Gasteiger partial charge on any atom is -0.334 e. The van der Waals surface area contributed by atoms with Crippen LogP contribution in [0.15, 0.2) is 35.5 Å². The number of amides is 2. The summed E-state index contributed by atoms with van der Waals surface area (Å²) >= 11 is 1.30. The van der Waals surface area contributed by atoms with Crippen LogP contribution in [0.4, 0.5) is 18.0 Å².